The van der Waals surface area contributed by atoms with Crippen LogP contribution in [0.5, 0.6) is 5.75 Å². The summed E-state index contributed by atoms with van der Waals surface area (Å²) in [5.41, 5.74) is 0. The number of aliphatic hydroxyl groups is 1. The number of carbonyl (C=O) groups is 1. The van der Waals surface area contributed by atoms with Crippen LogP contribution in [0.15, 0.2) is 24.3 Å². The predicted molar refractivity (Wildman–Crippen MR) is 68.3 cm³/mol. The van der Waals surface area contributed by atoms with Gasteiger partial charge in [0, 0.05) is 12.5 Å². The molecule has 0 bridgehead atoms. The molecule has 0 radical (unpaired) electrons. The number of nitrogens with one attached hydrogen (secondary N) is 1. The minimum absolute atomic E-state index is 0.103. The first-order valence-corrected chi connectivity index (χ1v) is 6.48. The highest BCUT2D eigenvalue weighted by atomic mass is 19.1. The second-order valence-electron chi connectivity index (χ2n) is 4.81. The van der Waals surface area contributed by atoms with Gasteiger partial charge in [0.2, 0.25) is 0 Å². The first-order valence-electron chi connectivity index (χ1n) is 6.48. The molecule has 2 N–H and O–H groups in total. The Hall–Kier alpha value is -1.62. The average Bonchev–Trinajstić information content (AvgIpc) is 2.81. The molecule has 0 aromatic heterocycles. The molecule has 1 aliphatic rings. The van der Waals surface area contributed by atoms with Crippen LogP contribution >= 0.6 is 0 Å². The average molecular weight is 267 g/mol. The van der Waals surface area contributed by atoms with Crippen molar-refractivity contribution in [3.05, 3.63) is 30.1 Å². The Morgan fingerprint density at radius 3 is 2.74 bits per heavy atom. The largest absolute Gasteiger partial charge is 0.484 e. The van der Waals surface area contributed by atoms with Crippen LogP contribution in [0.4, 0.5) is 4.39 Å². The van der Waals surface area contributed by atoms with Gasteiger partial charge >= 0.3 is 0 Å². The van der Waals surface area contributed by atoms with Crippen LogP contribution in [0.1, 0.15) is 19.3 Å². The molecule has 1 aromatic carbocycles. The van der Waals surface area contributed by atoms with Crippen molar-refractivity contribution in [2.75, 3.05) is 13.2 Å². The number of hydrogen-bond acceptors (Lipinski definition) is 3. The van der Waals surface area contributed by atoms with Crippen molar-refractivity contribution in [3.63, 3.8) is 0 Å². The third-order valence-corrected chi connectivity index (χ3v) is 3.36. The molecule has 1 amide bonds. The fraction of sp³-hybridized carbons (Fsp3) is 0.500. The lowest BCUT2D eigenvalue weighted by molar-refractivity contribution is -0.123. The van der Waals surface area contributed by atoms with E-state index >= 15 is 0 Å². The van der Waals surface area contributed by atoms with E-state index in [4.69, 9.17) is 4.74 Å². The number of carbonyl (C=O) groups excluding carboxylic acids is 1. The van der Waals surface area contributed by atoms with Gasteiger partial charge < -0.3 is 15.2 Å². The zero-order chi connectivity index (χ0) is 13.7. The molecule has 0 saturated heterocycles. The Kier molecular flexibility index (Phi) is 4.74. The quantitative estimate of drug-likeness (QED) is 0.849. The van der Waals surface area contributed by atoms with E-state index in [1.54, 1.807) is 0 Å². The van der Waals surface area contributed by atoms with Gasteiger partial charge in [0.1, 0.15) is 11.6 Å². The van der Waals surface area contributed by atoms with Crippen molar-refractivity contribution in [1.29, 1.82) is 0 Å². The number of halogens is 1. The van der Waals surface area contributed by atoms with Crippen LogP contribution in [0.25, 0.3) is 0 Å². The fourth-order valence-corrected chi connectivity index (χ4v) is 2.23. The number of ether oxygens (including phenoxy) is 1. The molecule has 1 aromatic rings. The smallest absolute Gasteiger partial charge is 0.257 e. The molecule has 4 nitrogen and oxygen atoms in total. The summed E-state index contributed by atoms with van der Waals surface area (Å²) in [6.07, 6.45) is 2.46. The molecule has 0 heterocycles. The lowest BCUT2D eigenvalue weighted by atomic mass is 10.1. The fourth-order valence-electron chi connectivity index (χ4n) is 2.23. The summed E-state index contributed by atoms with van der Waals surface area (Å²) in [6, 6.07) is 5.51. The van der Waals surface area contributed by atoms with E-state index in [2.05, 4.69) is 5.32 Å². The van der Waals surface area contributed by atoms with E-state index in [1.807, 2.05) is 0 Å². The molecule has 1 fully saturated rings. The van der Waals surface area contributed by atoms with Crippen LogP contribution in [0.2, 0.25) is 0 Å². The van der Waals surface area contributed by atoms with Crippen LogP contribution in [0, 0.1) is 11.7 Å². The van der Waals surface area contributed by atoms with Gasteiger partial charge in [-0.2, -0.15) is 0 Å². The Balaban J connectivity index is 1.68. The normalized spacial score (nSPS) is 22.2. The number of benzene rings is 1. The molecule has 1 aliphatic carbocycles. The van der Waals surface area contributed by atoms with Gasteiger partial charge in [-0.3, -0.25) is 4.79 Å². The Morgan fingerprint density at radius 1 is 1.37 bits per heavy atom. The van der Waals surface area contributed by atoms with Gasteiger partial charge in [-0.05, 0) is 37.1 Å². The maximum Gasteiger partial charge on any atom is 0.257 e. The number of rotatable bonds is 5. The molecule has 0 spiro atoms. The highest BCUT2D eigenvalue weighted by Gasteiger charge is 2.25. The number of hydrogen-bond donors (Lipinski definition) is 2. The van der Waals surface area contributed by atoms with Crippen LogP contribution in [-0.4, -0.2) is 30.3 Å². The summed E-state index contributed by atoms with van der Waals surface area (Å²) in [6.45, 7) is 0.376. The van der Waals surface area contributed by atoms with E-state index in [9.17, 15) is 14.3 Å². The molecule has 5 heteroatoms. The minimum Gasteiger partial charge on any atom is -0.484 e. The lowest BCUT2D eigenvalue weighted by Crippen LogP contribution is -2.35. The van der Waals surface area contributed by atoms with E-state index in [1.165, 1.54) is 24.3 Å². The highest BCUT2D eigenvalue weighted by molar-refractivity contribution is 5.77. The van der Waals surface area contributed by atoms with E-state index < -0.39 is 0 Å². The summed E-state index contributed by atoms with van der Waals surface area (Å²) in [5, 5.41) is 12.4. The molecule has 0 aliphatic heterocycles. The minimum atomic E-state index is -0.341. The summed E-state index contributed by atoms with van der Waals surface area (Å²) < 4.78 is 17.9. The second kappa shape index (κ2) is 6.52. The first kappa shape index (κ1) is 13.8. The monoisotopic (exact) mass is 267 g/mol. The van der Waals surface area contributed by atoms with Crippen molar-refractivity contribution in [2.45, 2.75) is 25.4 Å². The van der Waals surface area contributed by atoms with E-state index in [0.29, 0.717) is 12.3 Å². The van der Waals surface area contributed by atoms with Gasteiger partial charge in [-0.15, -0.1) is 0 Å². The summed E-state index contributed by atoms with van der Waals surface area (Å²) in [4.78, 5) is 11.6. The summed E-state index contributed by atoms with van der Waals surface area (Å²) >= 11 is 0. The zero-order valence-corrected chi connectivity index (χ0v) is 10.6. The summed E-state index contributed by atoms with van der Waals surface area (Å²) in [7, 11) is 0. The third-order valence-electron chi connectivity index (χ3n) is 3.36. The van der Waals surface area contributed by atoms with Crippen molar-refractivity contribution in [2.24, 2.45) is 5.92 Å². The maximum absolute atomic E-state index is 12.7. The van der Waals surface area contributed by atoms with Crippen LogP contribution < -0.4 is 10.1 Å². The van der Waals surface area contributed by atoms with E-state index in [-0.39, 0.29) is 30.4 Å². The molecule has 19 heavy (non-hydrogen) atoms. The topological polar surface area (TPSA) is 58.6 Å². The molecule has 1 saturated carbocycles. The van der Waals surface area contributed by atoms with Gasteiger partial charge in [0.25, 0.3) is 5.91 Å². The SMILES string of the molecule is O=C(COc1ccc(F)cc1)NCC1CCCC1O. The number of amides is 1. The molecule has 2 unspecified atom stereocenters. The summed E-state index contributed by atoms with van der Waals surface area (Å²) in [5.74, 6) is 0.0302. The van der Waals surface area contributed by atoms with Crippen LogP contribution in [0.3, 0.4) is 0 Å². The molecule has 2 atom stereocenters. The highest BCUT2D eigenvalue weighted by Crippen LogP contribution is 2.24. The lowest BCUT2D eigenvalue weighted by Gasteiger charge is -2.15. The van der Waals surface area contributed by atoms with Gasteiger partial charge in [0.05, 0.1) is 6.10 Å². The Labute approximate surface area is 111 Å². The predicted octanol–water partition coefficient (Wildman–Crippen LogP) is 1.48. The third kappa shape index (κ3) is 4.21. The van der Waals surface area contributed by atoms with Crippen LogP contribution in [-0.2, 0) is 4.79 Å². The van der Waals surface area contributed by atoms with Gasteiger partial charge in [-0.1, -0.05) is 6.42 Å². The Morgan fingerprint density at radius 2 is 2.11 bits per heavy atom. The van der Waals surface area contributed by atoms with Gasteiger partial charge in [0.15, 0.2) is 6.61 Å². The van der Waals surface area contributed by atoms with Crippen molar-refractivity contribution in [1.82, 2.24) is 5.32 Å². The molecule has 2 rings (SSSR count). The Bertz CT molecular complexity index is 421. The zero-order valence-electron chi connectivity index (χ0n) is 10.6. The van der Waals surface area contributed by atoms with Crippen molar-refractivity contribution in [3.8, 4) is 5.75 Å². The van der Waals surface area contributed by atoms with E-state index in [0.717, 1.165) is 19.3 Å². The van der Waals surface area contributed by atoms with Crippen molar-refractivity contribution >= 4 is 5.91 Å². The molecule has 104 valence electrons. The van der Waals surface area contributed by atoms with Crippen molar-refractivity contribution < 1.29 is 19.0 Å². The number of aliphatic hydroxyl groups excluding tert-OH is 1. The molecular formula is C14H18FNO3. The first-order chi connectivity index (χ1) is 9.15. The second-order valence-corrected chi connectivity index (χ2v) is 4.81. The standard InChI is InChI=1S/C14H18FNO3/c15-11-4-6-12(7-5-11)19-9-14(18)16-8-10-2-1-3-13(10)17/h4-7,10,13,17H,1-3,8-9H2,(H,16,18). The van der Waals surface area contributed by atoms with Gasteiger partial charge in [-0.25, -0.2) is 4.39 Å². The maximum atomic E-state index is 12.7. The molecular weight excluding hydrogens is 249 g/mol.